The van der Waals surface area contributed by atoms with Crippen molar-refractivity contribution in [1.82, 2.24) is 15.0 Å². The Morgan fingerprint density at radius 1 is 0.885 bits per heavy atom. The van der Waals surface area contributed by atoms with Crippen LogP contribution in [0.1, 0.15) is 35.8 Å². The second kappa shape index (κ2) is 6.72. The van der Waals surface area contributed by atoms with E-state index >= 15 is 0 Å². The summed E-state index contributed by atoms with van der Waals surface area (Å²) in [6, 6.07) is 6.71. The molecule has 0 unspecified atom stereocenters. The number of hydrogen-bond donors (Lipinski definition) is 2. The molecule has 2 aliphatic rings. The molecule has 1 saturated heterocycles. The molecule has 4 rings (SSSR count). The lowest BCUT2D eigenvalue weighted by Gasteiger charge is -2.37. The van der Waals surface area contributed by atoms with E-state index < -0.39 is 0 Å². The summed E-state index contributed by atoms with van der Waals surface area (Å²) in [5, 5.41) is 0. The van der Waals surface area contributed by atoms with Crippen LogP contribution in [0.15, 0.2) is 18.2 Å². The Hall–Kier alpha value is -2.41. The number of aromatic nitrogens is 3. The molecule has 0 aromatic carbocycles. The first-order valence-corrected chi connectivity index (χ1v) is 9.33. The third-order valence-electron chi connectivity index (χ3n) is 5.38. The van der Waals surface area contributed by atoms with Gasteiger partial charge in [0.2, 0.25) is 5.95 Å². The van der Waals surface area contributed by atoms with Crippen LogP contribution in [0, 0.1) is 13.8 Å². The number of piperazine rings is 1. The largest absolute Gasteiger partial charge is 0.368 e. The van der Waals surface area contributed by atoms with Crippen LogP contribution in [0.5, 0.6) is 0 Å². The lowest BCUT2D eigenvalue weighted by atomic mass is 9.78. The van der Waals surface area contributed by atoms with Crippen LogP contribution in [0.25, 0.3) is 0 Å². The molecule has 1 aliphatic heterocycles. The fraction of sp³-hybridized carbons (Fsp3) is 0.526. The minimum Gasteiger partial charge on any atom is -0.368 e. The van der Waals surface area contributed by atoms with Crippen LogP contribution in [-0.2, 0) is 0 Å². The maximum Gasteiger partial charge on any atom is 0.222 e. The molecule has 2 aromatic heterocycles. The fourth-order valence-electron chi connectivity index (χ4n) is 3.93. The Balaban J connectivity index is 1.46. The first kappa shape index (κ1) is 17.0. The molecule has 0 amide bonds. The molecular weight excluding hydrogens is 326 g/mol. The number of nitrogens with zero attached hydrogens (tertiary/aromatic N) is 5. The van der Waals surface area contributed by atoms with Gasteiger partial charge in [0.1, 0.15) is 5.82 Å². The van der Waals surface area contributed by atoms with Gasteiger partial charge in [0.15, 0.2) is 0 Å². The van der Waals surface area contributed by atoms with Crippen LogP contribution in [-0.4, -0.2) is 47.2 Å². The zero-order chi connectivity index (χ0) is 18.3. The van der Waals surface area contributed by atoms with Crippen LogP contribution >= 0.6 is 0 Å². The second-order valence-corrected chi connectivity index (χ2v) is 7.52. The summed E-state index contributed by atoms with van der Waals surface area (Å²) in [6.07, 6.45) is 1.98. The van der Waals surface area contributed by atoms with E-state index in [2.05, 4.69) is 43.0 Å². The van der Waals surface area contributed by atoms with E-state index in [1.807, 2.05) is 13.8 Å². The molecule has 7 nitrogen and oxygen atoms in total. The predicted octanol–water partition coefficient (Wildman–Crippen LogP) is 1.60. The van der Waals surface area contributed by atoms with Crippen molar-refractivity contribution in [1.29, 1.82) is 0 Å². The SMILES string of the molecule is Cc1cc(N2CCN(c3cc(C4CC(N)C4)nc(N)n3)CC2)cc(C)n1. The van der Waals surface area contributed by atoms with E-state index in [-0.39, 0.29) is 0 Å². The summed E-state index contributed by atoms with van der Waals surface area (Å²) < 4.78 is 0. The van der Waals surface area contributed by atoms with E-state index in [1.165, 1.54) is 5.69 Å². The van der Waals surface area contributed by atoms with Gasteiger partial charge < -0.3 is 21.3 Å². The molecule has 2 fully saturated rings. The van der Waals surface area contributed by atoms with E-state index in [4.69, 9.17) is 11.5 Å². The van der Waals surface area contributed by atoms with Crippen molar-refractivity contribution in [2.24, 2.45) is 5.73 Å². The number of hydrogen-bond acceptors (Lipinski definition) is 7. The molecule has 1 aliphatic carbocycles. The third kappa shape index (κ3) is 3.44. The standard InChI is InChI=1S/C19H27N7/c1-12-7-16(8-13(2)22-12)25-3-5-26(6-4-25)18-11-17(23-19(21)24-18)14-9-15(20)10-14/h7-8,11,14-15H,3-6,9-10,20H2,1-2H3,(H2,21,23,24). The van der Waals surface area contributed by atoms with E-state index in [0.717, 1.165) is 61.9 Å². The van der Waals surface area contributed by atoms with Crippen molar-refractivity contribution in [3.05, 3.63) is 35.3 Å². The monoisotopic (exact) mass is 353 g/mol. The summed E-state index contributed by atoms with van der Waals surface area (Å²) in [5.74, 6) is 1.73. The lowest BCUT2D eigenvalue weighted by molar-refractivity contribution is 0.345. The zero-order valence-corrected chi connectivity index (χ0v) is 15.5. The van der Waals surface area contributed by atoms with Crippen LogP contribution < -0.4 is 21.3 Å². The first-order valence-electron chi connectivity index (χ1n) is 9.33. The number of pyridine rings is 1. The molecule has 1 saturated carbocycles. The normalized spacial score (nSPS) is 23.0. The second-order valence-electron chi connectivity index (χ2n) is 7.52. The average molecular weight is 353 g/mol. The number of aryl methyl sites for hydroxylation is 2. The van der Waals surface area contributed by atoms with Gasteiger partial charge in [0, 0.05) is 61.3 Å². The summed E-state index contributed by atoms with van der Waals surface area (Å²) >= 11 is 0. The molecule has 4 N–H and O–H groups in total. The van der Waals surface area contributed by atoms with Crippen LogP contribution in [0.2, 0.25) is 0 Å². The maximum absolute atomic E-state index is 5.97. The summed E-state index contributed by atoms with van der Waals surface area (Å²) in [4.78, 5) is 18.1. The number of rotatable bonds is 3. The Morgan fingerprint density at radius 3 is 2.12 bits per heavy atom. The van der Waals surface area contributed by atoms with Gasteiger partial charge in [-0.25, -0.2) is 4.98 Å². The predicted molar refractivity (Wildman–Crippen MR) is 105 cm³/mol. The van der Waals surface area contributed by atoms with Gasteiger partial charge in [0.25, 0.3) is 0 Å². The van der Waals surface area contributed by atoms with Crippen LogP contribution in [0.4, 0.5) is 17.5 Å². The molecule has 7 heteroatoms. The summed E-state index contributed by atoms with van der Waals surface area (Å²) in [7, 11) is 0. The topological polar surface area (TPSA) is 97.2 Å². The minimum atomic E-state index is 0.301. The van der Waals surface area contributed by atoms with E-state index in [1.54, 1.807) is 0 Å². The third-order valence-corrected chi connectivity index (χ3v) is 5.38. The van der Waals surface area contributed by atoms with Gasteiger partial charge in [-0.05, 0) is 38.8 Å². The fourth-order valence-corrected chi connectivity index (χ4v) is 3.93. The van der Waals surface area contributed by atoms with Crippen molar-refractivity contribution in [3.63, 3.8) is 0 Å². The highest BCUT2D eigenvalue weighted by atomic mass is 15.3. The highest BCUT2D eigenvalue weighted by Gasteiger charge is 2.30. The van der Waals surface area contributed by atoms with Gasteiger partial charge in [-0.3, -0.25) is 4.98 Å². The maximum atomic E-state index is 5.97. The number of nitrogen functional groups attached to an aromatic ring is 1. The Morgan fingerprint density at radius 2 is 1.50 bits per heavy atom. The van der Waals surface area contributed by atoms with Gasteiger partial charge in [0.05, 0.1) is 5.69 Å². The van der Waals surface area contributed by atoms with E-state index in [0.29, 0.717) is 17.9 Å². The van der Waals surface area contributed by atoms with Gasteiger partial charge in [-0.2, -0.15) is 4.98 Å². The minimum absolute atomic E-state index is 0.301. The highest BCUT2D eigenvalue weighted by molar-refractivity contribution is 5.52. The van der Waals surface area contributed by atoms with Crippen molar-refractivity contribution in [2.75, 3.05) is 41.7 Å². The van der Waals surface area contributed by atoms with Crippen molar-refractivity contribution in [2.45, 2.75) is 38.6 Å². The quantitative estimate of drug-likeness (QED) is 0.865. The lowest BCUT2D eigenvalue weighted by Crippen LogP contribution is -2.47. The van der Waals surface area contributed by atoms with Crippen molar-refractivity contribution in [3.8, 4) is 0 Å². The molecule has 0 atom stereocenters. The van der Waals surface area contributed by atoms with Gasteiger partial charge >= 0.3 is 0 Å². The van der Waals surface area contributed by atoms with E-state index in [9.17, 15) is 0 Å². The molecule has 26 heavy (non-hydrogen) atoms. The Labute approximate surface area is 154 Å². The molecule has 0 spiro atoms. The highest BCUT2D eigenvalue weighted by Crippen LogP contribution is 2.36. The summed E-state index contributed by atoms with van der Waals surface area (Å²) in [6.45, 7) is 7.84. The zero-order valence-electron chi connectivity index (χ0n) is 15.5. The molecular formula is C19H27N7. The Kier molecular flexibility index (Phi) is 4.40. The number of anilines is 3. The van der Waals surface area contributed by atoms with Crippen molar-refractivity contribution < 1.29 is 0 Å². The smallest absolute Gasteiger partial charge is 0.222 e. The first-order chi connectivity index (χ1) is 12.5. The van der Waals surface area contributed by atoms with Crippen molar-refractivity contribution >= 4 is 17.5 Å². The number of nitrogens with two attached hydrogens (primary N) is 2. The molecule has 3 heterocycles. The molecule has 0 bridgehead atoms. The van der Waals surface area contributed by atoms with Gasteiger partial charge in [-0.15, -0.1) is 0 Å². The Bertz CT molecular complexity index is 772. The van der Waals surface area contributed by atoms with Gasteiger partial charge in [-0.1, -0.05) is 0 Å². The average Bonchev–Trinajstić information content (AvgIpc) is 2.58. The molecule has 0 radical (unpaired) electrons. The molecule has 2 aromatic rings. The van der Waals surface area contributed by atoms with Crippen LogP contribution in [0.3, 0.4) is 0 Å². The molecule has 138 valence electrons. The summed E-state index contributed by atoms with van der Waals surface area (Å²) in [5.41, 5.74) is 16.3.